The van der Waals surface area contributed by atoms with Crippen LogP contribution < -0.4 is 5.32 Å². The molecule has 1 aromatic heterocycles. The summed E-state index contributed by atoms with van der Waals surface area (Å²) in [5.41, 5.74) is 0. The Balaban J connectivity index is 2.68. The number of halogens is 1. The van der Waals surface area contributed by atoms with E-state index in [1.54, 1.807) is 0 Å². The minimum atomic E-state index is -0.555. The van der Waals surface area contributed by atoms with Gasteiger partial charge in [-0.05, 0) is 17.9 Å². The van der Waals surface area contributed by atoms with Gasteiger partial charge in [0.1, 0.15) is 5.88 Å². The Kier molecular flexibility index (Phi) is 6.55. The standard InChI is InChI=1S/C12H18ClNO2S/c1-2-3-5-9(15)12(14-11(16)8-13)10-6-4-7-17-10/h4,6-7,9,12,15H,2-3,5,8H2,1H3,(H,14,16). The van der Waals surface area contributed by atoms with E-state index in [9.17, 15) is 9.90 Å². The van der Waals surface area contributed by atoms with Gasteiger partial charge in [0.15, 0.2) is 0 Å². The van der Waals surface area contributed by atoms with Crippen LogP contribution in [0.2, 0.25) is 0 Å². The van der Waals surface area contributed by atoms with Crippen LogP contribution in [0.1, 0.15) is 37.1 Å². The molecule has 0 aliphatic rings. The van der Waals surface area contributed by atoms with E-state index < -0.39 is 6.10 Å². The Morgan fingerprint density at radius 3 is 2.94 bits per heavy atom. The molecule has 0 saturated heterocycles. The summed E-state index contributed by atoms with van der Waals surface area (Å²) in [5, 5.41) is 14.8. The fourth-order valence-corrected chi connectivity index (χ4v) is 2.53. The molecule has 2 unspecified atom stereocenters. The second-order valence-corrected chi connectivity index (χ2v) is 5.15. The maximum Gasteiger partial charge on any atom is 0.235 e. The zero-order valence-corrected chi connectivity index (χ0v) is 11.4. The molecule has 0 radical (unpaired) electrons. The van der Waals surface area contributed by atoms with Crippen molar-refractivity contribution < 1.29 is 9.90 Å². The van der Waals surface area contributed by atoms with Crippen LogP contribution in [-0.2, 0) is 4.79 Å². The highest BCUT2D eigenvalue weighted by atomic mass is 35.5. The van der Waals surface area contributed by atoms with Crippen molar-refractivity contribution in [3.8, 4) is 0 Å². The molecule has 0 fully saturated rings. The largest absolute Gasteiger partial charge is 0.391 e. The number of hydrogen-bond donors (Lipinski definition) is 2. The van der Waals surface area contributed by atoms with E-state index >= 15 is 0 Å². The van der Waals surface area contributed by atoms with Crippen LogP contribution in [0, 0.1) is 0 Å². The Labute approximate surface area is 111 Å². The lowest BCUT2D eigenvalue weighted by molar-refractivity contribution is -0.120. The molecule has 0 aliphatic heterocycles. The van der Waals surface area contributed by atoms with Gasteiger partial charge in [-0.25, -0.2) is 0 Å². The molecule has 2 N–H and O–H groups in total. The van der Waals surface area contributed by atoms with Gasteiger partial charge in [-0.15, -0.1) is 22.9 Å². The molecule has 0 saturated carbocycles. The van der Waals surface area contributed by atoms with E-state index in [0.29, 0.717) is 6.42 Å². The number of carbonyl (C=O) groups is 1. The van der Waals surface area contributed by atoms with E-state index in [-0.39, 0.29) is 17.8 Å². The monoisotopic (exact) mass is 275 g/mol. The van der Waals surface area contributed by atoms with Crippen molar-refractivity contribution in [3.63, 3.8) is 0 Å². The van der Waals surface area contributed by atoms with E-state index in [1.807, 2.05) is 17.5 Å². The third-order valence-corrected chi connectivity index (χ3v) is 3.72. The fourth-order valence-electron chi connectivity index (χ4n) is 1.62. The molecule has 17 heavy (non-hydrogen) atoms. The molecular weight excluding hydrogens is 258 g/mol. The molecule has 2 atom stereocenters. The van der Waals surface area contributed by atoms with Gasteiger partial charge in [-0.1, -0.05) is 25.8 Å². The first-order valence-corrected chi connectivity index (χ1v) is 7.17. The molecule has 0 aromatic carbocycles. The summed E-state index contributed by atoms with van der Waals surface area (Å²) in [5.74, 6) is -0.330. The first-order chi connectivity index (χ1) is 8.19. The van der Waals surface area contributed by atoms with Gasteiger partial charge in [0.05, 0.1) is 12.1 Å². The quantitative estimate of drug-likeness (QED) is 0.752. The molecule has 0 spiro atoms. The summed E-state index contributed by atoms with van der Waals surface area (Å²) < 4.78 is 0. The lowest BCUT2D eigenvalue weighted by atomic mass is 10.0. The summed E-state index contributed by atoms with van der Waals surface area (Å²) in [6.07, 6.45) is 2.10. The SMILES string of the molecule is CCCCC(O)C(NC(=O)CCl)c1cccs1. The number of unbranched alkanes of at least 4 members (excludes halogenated alkanes) is 1. The number of aliphatic hydroxyl groups is 1. The summed E-state index contributed by atoms with van der Waals surface area (Å²) in [7, 11) is 0. The first-order valence-electron chi connectivity index (χ1n) is 5.75. The fraction of sp³-hybridized carbons (Fsp3) is 0.583. The number of rotatable bonds is 7. The topological polar surface area (TPSA) is 49.3 Å². The van der Waals surface area contributed by atoms with E-state index in [1.165, 1.54) is 11.3 Å². The van der Waals surface area contributed by atoms with Gasteiger partial charge >= 0.3 is 0 Å². The smallest absolute Gasteiger partial charge is 0.235 e. The van der Waals surface area contributed by atoms with Gasteiger partial charge in [-0.2, -0.15) is 0 Å². The van der Waals surface area contributed by atoms with Crippen LogP contribution >= 0.6 is 22.9 Å². The van der Waals surface area contributed by atoms with Crippen LogP contribution in [0.4, 0.5) is 0 Å². The highest BCUT2D eigenvalue weighted by molar-refractivity contribution is 7.10. The first kappa shape index (κ1) is 14.5. The van der Waals surface area contributed by atoms with Gasteiger partial charge in [0.2, 0.25) is 5.91 Å². The molecule has 5 heteroatoms. The Morgan fingerprint density at radius 2 is 2.41 bits per heavy atom. The van der Waals surface area contributed by atoms with Crippen LogP contribution in [0.15, 0.2) is 17.5 Å². The molecule has 1 aromatic rings. The van der Waals surface area contributed by atoms with E-state index in [0.717, 1.165) is 17.7 Å². The average molecular weight is 276 g/mol. The highest BCUT2D eigenvalue weighted by Crippen LogP contribution is 2.24. The minimum Gasteiger partial charge on any atom is -0.391 e. The number of aliphatic hydroxyl groups excluding tert-OH is 1. The van der Waals surface area contributed by atoms with E-state index in [2.05, 4.69) is 12.2 Å². The maximum absolute atomic E-state index is 11.3. The summed E-state index contributed by atoms with van der Waals surface area (Å²) in [6.45, 7) is 2.07. The van der Waals surface area contributed by atoms with Gasteiger partial charge in [0.25, 0.3) is 0 Å². The molecular formula is C12H18ClNO2S. The van der Waals surface area contributed by atoms with Gasteiger partial charge < -0.3 is 10.4 Å². The van der Waals surface area contributed by atoms with Crippen molar-refractivity contribution in [2.45, 2.75) is 38.3 Å². The Bertz CT molecular complexity index is 329. The van der Waals surface area contributed by atoms with Crippen molar-refractivity contribution in [3.05, 3.63) is 22.4 Å². The van der Waals surface area contributed by atoms with Crippen LogP contribution in [0.3, 0.4) is 0 Å². The molecule has 0 bridgehead atoms. The molecule has 1 amide bonds. The van der Waals surface area contributed by atoms with Gasteiger partial charge in [0, 0.05) is 4.88 Å². The van der Waals surface area contributed by atoms with Crippen molar-refractivity contribution in [2.75, 3.05) is 5.88 Å². The van der Waals surface area contributed by atoms with E-state index in [4.69, 9.17) is 11.6 Å². The van der Waals surface area contributed by atoms with Crippen molar-refractivity contribution in [1.29, 1.82) is 0 Å². The zero-order chi connectivity index (χ0) is 12.7. The third-order valence-electron chi connectivity index (χ3n) is 2.53. The summed E-state index contributed by atoms with van der Waals surface area (Å²) in [4.78, 5) is 12.3. The molecule has 96 valence electrons. The summed E-state index contributed by atoms with van der Waals surface area (Å²) in [6, 6.07) is 3.48. The lowest BCUT2D eigenvalue weighted by Crippen LogP contribution is -2.36. The van der Waals surface area contributed by atoms with Crippen molar-refractivity contribution >= 4 is 28.8 Å². The van der Waals surface area contributed by atoms with Crippen LogP contribution in [0.25, 0.3) is 0 Å². The predicted molar refractivity (Wildman–Crippen MR) is 71.5 cm³/mol. The van der Waals surface area contributed by atoms with Crippen molar-refractivity contribution in [1.82, 2.24) is 5.32 Å². The average Bonchev–Trinajstić information content (AvgIpc) is 2.86. The molecule has 3 nitrogen and oxygen atoms in total. The molecule has 0 aliphatic carbocycles. The number of hydrogen-bond acceptors (Lipinski definition) is 3. The number of amides is 1. The summed E-state index contributed by atoms with van der Waals surface area (Å²) >= 11 is 7.00. The second-order valence-electron chi connectivity index (χ2n) is 3.90. The zero-order valence-electron chi connectivity index (χ0n) is 9.86. The number of nitrogens with one attached hydrogen (secondary N) is 1. The van der Waals surface area contributed by atoms with Crippen molar-refractivity contribution in [2.24, 2.45) is 0 Å². The van der Waals surface area contributed by atoms with Crippen LogP contribution in [0.5, 0.6) is 0 Å². The predicted octanol–water partition coefficient (Wildman–Crippen LogP) is 2.70. The number of alkyl halides is 1. The number of carbonyl (C=O) groups excluding carboxylic acids is 1. The van der Waals surface area contributed by atoms with Gasteiger partial charge in [-0.3, -0.25) is 4.79 Å². The highest BCUT2D eigenvalue weighted by Gasteiger charge is 2.23. The number of thiophene rings is 1. The third kappa shape index (κ3) is 4.66. The Morgan fingerprint density at radius 1 is 1.65 bits per heavy atom. The normalized spacial score (nSPS) is 14.3. The maximum atomic E-state index is 11.3. The Hall–Kier alpha value is -0.580. The molecule has 1 heterocycles. The second kappa shape index (κ2) is 7.69. The van der Waals surface area contributed by atoms with Crippen LogP contribution in [-0.4, -0.2) is 23.0 Å². The molecule has 1 rings (SSSR count). The lowest BCUT2D eigenvalue weighted by Gasteiger charge is -2.22. The minimum absolute atomic E-state index is 0.0810.